The Morgan fingerprint density at radius 1 is 1.39 bits per heavy atom. The van der Waals surface area contributed by atoms with Crippen molar-refractivity contribution in [1.29, 1.82) is 0 Å². The van der Waals surface area contributed by atoms with Crippen LogP contribution in [0.4, 0.5) is 5.95 Å². The second kappa shape index (κ2) is 5.18. The molecule has 1 aliphatic heterocycles. The minimum Gasteiger partial charge on any atom is -0.353 e. The summed E-state index contributed by atoms with van der Waals surface area (Å²) < 4.78 is 1.78. The molecular formula is C13H17N5. The minimum atomic E-state index is 0.704. The minimum absolute atomic E-state index is 0.704. The van der Waals surface area contributed by atoms with Crippen LogP contribution in [0.2, 0.25) is 0 Å². The Bertz CT molecular complexity index is 524. The zero-order valence-electron chi connectivity index (χ0n) is 10.3. The number of fused-ring (bicyclic) bond motifs is 1. The Kier molecular flexibility index (Phi) is 3.23. The first-order valence-corrected chi connectivity index (χ1v) is 6.36. The topological polar surface area (TPSA) is 54.2 Å². The van der Waals surface area contributed by atoms with E-state index in [1.807, 2.05) is 24.4 Å². The van der Waals surface area contributed by atoms with Crippen molar-refractivity contribution in [2.75, 3.05) is 25.0 Å². The lowest BCUT2D eigenvalue weighted by Gasteiger charge is -2.13. The smallest absolute Gasteiger partial charge is 0.243 e. The molecule has 0 atom stereocenters. The molecule has 0 saturated heterocycles. The van der Waals surface area contributed by atoms with Gasteiger partial charge in [-0.05, 0) is 31.5 Å². The zero-order chi connectivity index (χ0) is 12.2. The van der Waals surface area contributed by atoms with Gasteiger partial charge in [-0.1, -0.05) is 17.7 Å². The normalized spacial score (nSPS) is 15.7. The fraction of sp³-hybridized carbons (Fsp3) is 0.385. The molecule has 0 bridgehead atoms. The van der Waals surface area contributed by atoms with Gasteiger partial charge in [0.15, 0.2) is 5.65 Å². The summed E-state index contributed by atoms with van der Waals surface area (Å²) in [6.07, 6.45) is 6.41. The monoisotopic (exact) mass is 243 g/mol. The van der Waals surface area contributed by atoms with E-state index in [9.17, 15) is 0 Å². The molecule has 3 heterocycles. The highest BCUT2D eigenvalue weighted by Crippen LogP contribution is 2.10. The lowest BCUT2D eigenvalue weighted by atomic mass is 10.1. The molecule has 3 rings (SSSR count). The van der Waals surface area contributed by atoms with Crippen LogP contribution in [0.1, 0.15) is 12.8 Å². The Morgan fingerprint density at radius 3 is 3.22 bits per heavy atom. The van der Waals surface area contributed by atoms with Gasteiger partial charge < -0.3 is 10.6 Å². The Morgan fingerprint density at radius 2 is 2.39 bits per heavy atom. The number of hydrogen-bond donors (Lipinski definition) is 2. The highest BCUT2D eigenvalue weighted by molar-refractivity contribution is 5.42. The summed E-state index contributed by atoms with van der Waals surface area (Å²) in [6.45, 7) is 2.99. The maximum atomic E-state index is 4.40. The van der Waals surface area contributed by atoms with E-state index in [4.69, 9.17) is 0 Å². The summed E-state index contributed by atoms with van der Waals surface area (Å²) in [4.78, 5) is 4.40. The van der Waals surface area contributed by atoms with Gasteiger partial charge in [-0.25, -0.2) is 4.52 Å². The number of nitrogens with one attached hydrogen (secondary N) is 2. The van der Waals surface area contributed by atoms with E-state index < -0.39 is 0 Å². The van der Waals surface area contributed by atoms with Gasteiger partial charge in [0.2, 0.25) is 5.95 Å². The van der Waals surface area contributed by atoms with Crippen molar-refractivity contribution in [3.63, 3.8) is 0 Å². The van der Waals surface area contributed by atoms with Crippen molar-refractivity contribution in [1.82, 2.24) is 19.9 Å². The average Bonchev–Trinajstić information content (AvgIpc) is 2.82. The third-order valence-electron chi connectivity index (χ3n) is 3.13. The summed E-state index contributed by atoms with van der Waals surface area (Å²) in [5.74, 6) is 0.704. The third-order valence-corrected chi connectivity index (χ3v) is 3.13. The number of rotatable bonds is 4. The number of pyridine rings is 1. The lowest BCUT2D eigenvalue weighted by molar-refractivity contribution is 0.683. The van der Waals surface area contributed by atoms with Crippen LogP contribution in [0.15, 0.2) is 36.0 Å². The molecule has 94 valence electrons. The van der Waals surface area contributed by atoms with Crippen molar-refractivity contribution in [2.45, 2.75) is 12.8 Å². The fourth-order valence-corrected chi connectivity index (χ4v) is 2.14. The maximum absolute atomic E-state index is 4.40. The summed E-state index contributed by atoms with van der Waals surface area (Å²) in [6, 6.07) is 5.87. The maximum Gasteiger partial charge on any atom is 0.243 e. The van der Waals surface area contributed by atoms with Gasteiger partial charge in [-0.3, -0.25) is 0 Å². The molecule has 0 amide bonds. The molecular weight excluding hydrogens is 226 g/mol. The number of hydrogen-bond acceptors (Lipinski definition) is 4. The van der Waals surface area contributed by atoms with Crippen molar-refractivity contribution in [2.24, 2.45) is 0 Å². The van der Waals surface area contributed by atoms with Crippen LogP contribution in [0.3, 0.4) is 0 Å². The van der Waals surface area contributed by atoms with Crippen molar-refractivity contribution in [3.8, 4) is 0 Å². The average molecular weight is 243 g/mol. The molecule has 5 nitrogen and oxygen atoms in total. The molecule has 2 N–H and O–H groups in total. The van der Waals surface area contributed by atoms with Gasteiger partial charge in [0.1, 0.15) is 0 Å². The van der Waals surface area contributed by atoms with Gasteiger partial charge in [0.25, 0.3) is 0 Å². The lowest BCUT2D eigenvalue weighted by Crippen LogP contribution is -2.21. The fourth-order valence-electron chi connectivity index (χ4n) is 2.14. The molecule has 18 heavy (non-hydrogen) atoms. The van der Waals surface area contributed by atoms with Crippen LogP contribution >= 0.6 is 0 Å². The standard InChI is InChI=1S/C13H17N5/c1-2-10-18-12(3-1)16-13(17-18)15-9-6-11-4-7-14-8-5-11/h1-4,10,14H,5-9H2,(H,15,17). The molecule has 0 aliphatic carbocycles. The van der Waals surface area contributed by atoms with E-state index in [-0.39, 0.29) is 0 Å². The Labute approximate surface area is 106 Å². The molecule has 0 radical (unpaired) electrons. The van der Waals surface area contributed by atoms with Crippen LogP contribution in [0.25, 0.3) is 5.65 Å². The number of aromatic nitrogens is 3. The molecule has 0 aromatic carbocycles. The molecule has 0 fully saturated rings. The van der Waals surface area contributed by atoms with Gasteiger partial charge in [-0.15, -0.1) is 5.10 Å². The van der Waals surface area contributed by atoms with E-state index in [0.717, 1.165) is 38.1 Å². The van der Waals surface area contributed by atoms with Crippen molar-refractivity contribution < 1.29 is 0 Å². The van der Waals surface area contributed by atoms with Crippen LogP contribution in [0, 0.1) is 0 Å². The zero-order valence-corrected chi connectivity index (χ0v) is 10.3. The van der Waals surface area contributed by atoms with E-state index in [1.165, 1.54) is 5.57 Å². The summed E-state index contributed by atoms with van der Waals surface area (Å²) in [5, 5.41) is 11.0. The molecule has 5 heteroatoms. The first-order chi connectivity index (χ1) is 8.92. The number of nitrogens with zero attached hydrogens (tertiary/aromatic N) is 3. The molecule has 0 unspecified atom stereocenters. The van der Waals surface area contributed by atoms with E-state index in [0.29, 0.717) is 5.95 Å². The van der Waals surface area contributed by atoms with Gasteiger partial charge in [0, 0.05) is 19.3 Å². The quantitative estimate of drug-likeness (QED) is 0.798. The molecule has 0 saturated carbocycles. The van der Waals surface area contributed by atoms with Crippen LogP contribution in [0.5, 0.6) is 0 Å². The van der Waals surface area contributed by atoms with Crippen molar-refractivity contribution in [3.05, 3.63) is 36.0 Å². The predicted molar refractivity (Wildman–Crippen MR) is 71.7 cm³/mol. The Balaban J connectivity index is 1.58. The van der Waals surface area contributed by atoms with Crippen LogP contribution in [-0.2, 0) is 0 Å². The largest absolute Gasteiger partial charge is 0.353 e. The highest BCUT2D eigenvalue weighted by Gasteiger charge is 2.04. The Hall–Kier alpha value is -1.88. The molecule has 1 aliphatic rings. The summed E-state index contributed by atoms with van der Waals surface area (Å²) in [5.41, 5.74) is 2.39. The molecule has 0 spiro atoms. The first kappa shape index (κ1) is 11.2. The van der Waals surface area contributed by atoms with Crippen LogP contribution in [-0.4, -0.2) is 34.2 Å². The molecule has 2 aromatic heterocycles. The van der Waals surface area contributed by atoms with Crippen molar-refractivity contribution >= 4 is 11.6 Å². The first-order valence-electron chi connectivity index (χ1n) is 6.36. The predicted octanol–water partition coefficient (Wildman–Crippen LogP) is 1.45. The SMILES string of the molecule is C1=C(CCNc2nc3ccccn3n2)CCNC1. The van der Waals surface area contributed by atoms with E-state index in [2.05, 4.69) is 26.8 Å². The number of anilines is 1. The summed E-state index contributed by atoms with van der Waals surface area (Å²) >= 11 is 0. The second-order valence-electron chi connectivity index (χ2n) is 4.43. The van der Waals surface area contributed by atoms with Gasteiger partial charge in [0.05, 0.1) is 0 Å². The van der Waals surface area contributed by atoms with Gasteiger partial charge in [-0.2, -0.15) is 4.98 Å². The van der Waals surface area contributed by atoms with E-state index >= 15 is 0 Å². The van der Waals surface area contributed by atoms with Crippen LogP contribution < -0.4 is 10.6 Å². The van der Waals surface area contributed by atoms with E-state index in [1.54, 1.807) is 4.52 Å². The second-order valence-corrected chi connectivity index (χ2v) is 4.43. The van der Waals surface area contributed by atoms with Gasteiger partial charge >= 0.3 is 0 Å². The highest BCUT2D eigenvalue weighted by atomic mass is 15.3. The third kappa shape index (κ3) is 2.51. The molecule has 2 aromatic rings. The summed E-state index contributed by atoms with van der Waals surface area (Å²) in [7, 11) is 0.